The molecular weight excluding hydrogens is 246 g/mol. The molecule has 1 N–H and O–H groups in total. The Kier molecular flexibility index (Phi) is 4.13. The van der Waals surface area contributed by atoms with Crippen molar-refractivity contribution in [3.63, 3.8) is 0 Å². The lowest BCUT2D eigenvalue weighted by Gasteiger charge is -2.21. The number of hydrogen-bond acceptors (Lipinski definition) is 4. The molecule has 19 heavy (non-hydrogen) atoms. The van der Waals surface area contributed by atoms with Crippen molar-refractivity contribution in [1.29, 1.82) is 0 Å². The Labute approximate surface area is 114 Å². The van der Waals surface area contributed by atoms with Crippen LogP contribution >= 0.6 is 0 Å². The molecule has 2 rings (SSSR count). The third kappa shape index (κ3) is 4.20. The zero-order valence-corrected chi connectivity index (χ0v) is 11.9. The van der Waals surface area contributed by atoms with E-state index in [2.05, 4.69) is 5.32 Å². The maximum atomic E-state index is 11.8. The molecule has 2 heterocycles. The molecule has 3 atom stereocenters. The summed E-state index contributed by atoms with van der Waals surface area (Å²) in [5, 5.41) is 2.96. The maximum Gasteiger partial charge on any atom is 0.306 e. The number of esters is 1. The van der Waals surface area contributed by atoms with Gasteiger partial charge in [0.1, 0.15) is 5.60 Å². The third-order valence-corrected chi connectivity index (χ3v) is 3.43. The molecule has 0 aliphatic carbocycles. The predicted octanol–water partition coefficient (Wildman–Crippen LogP) is 1.54. The largest absolute Gasteiger partial charge is 0.460 e. The second-order valence-corrected chi connectivity index (χ2v) is 6.37. The molecule has 2 aliphatic heterocycles. The van der Waals surface area contributed by atoms with E-state index in [-0.39, 0.29) is 36.9 Å². The van der Waals surface area contributed by atoms with Crippen LogP contribution in [0.2, 0.25) is 0 Å². The number of carbonyl (C=O) groups excluding carboxylic acids is 2. The topological polar surface area (TPSA) is 64.6 Å². The molecule has 2 saturated heterocycles. The molecular formula is C14H23NO4. The standard InChI is InChI=1S/C14H23NO4/c1-14(2,3)19-13(17)7-6-12(16)15-10-8-9-4-5-11(10)18-9/h9-11H,4-8H2,1-3H3,(H,15,16). The number of nitrogens with one attached hydrogen (secondary N) is 1. The first kappa shape index (κ1) is 14.3. The van der Waals surface area contributed by atoms with E-state index in [0.717, 1.165) is 19.3 Å². The summed E-state index contributed by atoms with van der Waals surface area (Å²) in [6, 6.07) is 0.130. The number of amides is 1. The Morgan fingerprint density at radius 1 is 1.26 bits per heavy atom. The second kappa shape index (κ2) is 5.49. The van der Waals surface area contributed by atoms with Crippen LogP contribution in [0, 0.1) is 0 Å². The molecule has 1 amide bonds. The van der Waals surface area contributed by atoms with Crippen LogP contribution in [0.25, 0.3) is 0 Å². The summed E-state index contributed by atoms with van der Waals surface area (Å²) < 4.78 is 10.8. The highest BCUT2D eigenvalue weighted by Gasteiger charge is 2.41. The minimum Gasteiger partial charge on any atom is -0.460 e. The van der Waals surface area contributed by atoms with Crippen molar-refractivity contribution in [2.45, 2.75) is 76.7 Å². The number of fused-ring (bicyclic) bond motifs is 2. The van der Waals surface area contributed by atoms with Crippen LogP contribution in [0.1, 0.15) is 52.9 Å². The zero-order valence-electron chi connectivity index (χ0n) is 11.9. The molecule has 0 aromatic carbocycles. The molecule has 2 bridgehead atoms. The van der Waals surface area contributed by atoms with Crippen molar-refractivity contribution >= 4 is 11.9 Å². The van der Waals surface area contributed by atoms with Crippen LogP contribution in [-0.4, -0.2) is 35.7 Å². The molecule has 0 radical (unpaired) electrons. The lowest BCUT2D eigenvalue weighted by atomic mass is 9.95. The minimum atomic E-state index is -0.494. The molecule has 5 heteroatoms. The van der Waals surface area contributed by atoms with Crippen molar-refractivity contribution in [3.05, 3.63) is 0 Å². The Balaban J connectivity index is 1.66. The van der Waals surface area contributed by atoms with Gasteiger partial charge in [0.15, 0.2) is 0 Å². The van der Waals surface area contributed by atoms with E-state index in [4.69, 9.17) is 9.47 Å². The SMILES string of the molecule is CC(C)(C)OC(=O)CCC(=O)NC1CC2CCC1O2. The molecule has 0 aromatic heterocycles. The van der Waals surface area contributed by atoms with Crippen LogP contribution in [-0.2, 0) is 19.1 Å². The Morgan fingerprint density at radius 3 is 2.53 bits per heavy atom. The van der Waals surface area contributed by atoms with E-state index in [0.29, 0.717) is 6.10 Å². The molecule has 0 aromatic rings. The normalized spacial score (nSPS) is 29.3. The van der Waals surface area contributed by atoms with Gasteiger partial charge in [-0.15, -0.1) is 0 Å². The van der Waals surface area contributed by atoms with Crippen molar-refractivity contribution in [2.75, 3.05) is 0 Å². The lowest BCUT2D eigenvalue weighted by Crippen LogP contribution is -2.41. The van der Waals surface area contributed by atoms with E-state index >= 15 is 0 Å². The number of carbonyl (C=O) groups is 2. The van der Waals surface area contributed by atoms with Gasteiger partial charge in [0, 0.05) is 6.42 Å². The summed E-state index contributed by atoms with van der Waals surface area (Å²) >= 11 is 0. The first-order valence-electron chi connectivity index (χ1n) is 7.00. The van der Waals surface area contributed by atoms with Gasteiger partial charge < -0.3 is 14.8 Å². The summed E-state index contributed by atoms with van der Waals surface area (Å²) in [5.74, 6) is -0.418. The van der Waals surface area contributed by atoms with Crippen molar-refractivity contribution in [3.8, 4) is 0 Å². The van der Waals surface area contributed by atoms with E-state index < -0.39 is 5.60 Å². The summed E-state index contributed by atoms with van der Waals surface area (Å²) in [7, 11) is 0. The molecule has 3 unspecified atom stereocenters. The molecule has 108 valence electrons. The van der Waals surface area contributed by atoms with Gasteiger partial charge in [-0.25, -0.2) is 0 Å². The fourth-order valence-corrected chi connectivity index (χ4v) is 2.68. The first-order chi connectivity index (χ1) is 8.83. The maximum absolute atomic E-state index is 11.8. The van der Waals surface area contributed by atoms with Crippen LogP contribution in [0.5, 0.6) is 0 Å². The number of hydrogen-bond donors (Lipinski definition) is 1. The average Bonchev–Trinajstić information content (AvgIpc) is 2.85. The van der Waals surface area contributed by atoms with Gasteiger partial charge in [0.25, 0.3) is 0 Å². The highest BCUT2D eigenvalue weighted by atomic mass is 16.6. The van der Waals surface area contributed by atoms with E-state index in [9.17, 15) is 9.59 Å². The molecule has 5 nitrogen and oxygen atoms in total. The molecule has 0 spiro atoms. The van der Waals surface area contributed by atoms with Gasteiger partial charge in [0.05, 0.1) is 24.7 Å². The Bertz CT molecular complexity index is 361. The van der Waals surface area contributed by atoms with Gasteiger partial charge in [-0.1, -0.05) is 0 Å². The smallest absolute Gasteiger partial charge is 0.306 e. The van der Waals surface area contributed by atoms with Crippen LogP contribution < -0.4 is 5.32 Å². The lowest BCUT2D eigenvalue weighted by molar-refractivity contribution is -0.155. The fraction of sp³-hybridized carbons (Fsp3) is 0.857. The van der Waals surface area contributed by atoms with Crippen LogP contribution in [0.15, 0.2) is 0 Å². The van der Waals surface area contributed by atoms with Crippen LogP contribution in [0.3, 0.4) is 0 Å². The van der Waals surface area contributed by atoms with Crippen molar-refractivity contribution in [2.24, 2.45) is 0 Å². The second-order valence-electron chi connectivity index (χ2n) is 6.37. The van der Waals surface area contributed by atoms with E-state index in [1.807, 2.05) is 20.8 Å². The van der Waals surface area contributed by atoms with Gasteiger partial charge in [-0.05, 0) is 40.0 Å². The monoisotopic (exact) mass is 269 g/mol. The van der Waals surface area contributed by atoms with Gasteiger partial charge in [-0.2, -0.15) is 0 Å². The van der Waals surface area contributed by atoms with E-state index in [1.54, 1.807) is 0 Å². The fourth-order valence-electron chi connectivity index (χ4n) is 2.68. The summed E-state index contributed by atoms with van der Waals surface area (Å²) in [5.41, 5.74) is -0.494. The number of ether oxygens (including phenoxy) is 2. The van der Waals surface area contributed by atoms with Gasteiger partial charge in [-0.3, -0.25) is 9.59 Å². The Morgan fingerprint density at radius 2 is 2.00 bits per heavy atom. The highest BCUT2D eigenvalue weighted by Crippen LogP contribution is 2.34. The van der Waals surface area contributed by atoms with Crippen LogP contribution in [0.4, 0.5) is 0 Å². The predicted molar refractivity (Wildman–Crippen MR) is 69.5 cm³/mol. The first-order valence-corrected chi connectivity index (χ1v) is 7.00. The zero-order chi connectivity index (χ0) is 14.0. The van der Waals surface area contributed by atoms with Crippen molar-refractivity contribution < 1.29 is 19.1 Å². The molecule has 2 aliphatic rings. The molecule has 0 saturated carbocycles. The minimum absolute atomic E-state index is 0.0907. The summed E-state index contributed by atoms with van der Waals surface area (Å²) in [4.78, 5) is 23.3. The van der Waals surface area contributed by atoms with Gasteiger partial charge >= 0.3 is 5.97 Å². The van der Waals surface area contributed by atoms with Crippen molar-refractivity contribution in [1.82, 2.24) is 5.32 Å². The molecule has 2 fully saturated rings. The third-order valence-electron chi connectivity index (χ3n) is 3.43. The van der Waals surface area contributed by atoms with E-state index in [1.165, 1.54) is 0 Å². The summed E-state index contributed by atoms with van der Waals surface area (Å²) in [6.07, 6.45) is 3.85. The van der Waals surface area contributed by atoms with Gasteiger partial charge in [0.2, 0.25) is 5.91 Å². The quantitative estimate of drug-likeness (QED) is 0.786. The summed E-state index contributed by atoms with van der Waals surface area (Å²) in [6.45, 7) is 5.45. The highest BCUT2D eigenvalue weighted by molar-refractivity contribution is 5.81. The number of rotatable bonds is 4. The Hall–Kier alpha value is -1.10. The average molecular weight is 269 g/mol.